The van der Waals surface area contributed by atoms with E-state index in [1.165, 1.54) is 18.4 Å². The number of rotatable bonds is 2. The predicted octanol–water partition coefficient (Wildman–Crippen LogP) is 3.51. The lowest BCUT2D eigenvalue weighted by Gasteiger charge is -2.38. The highest BCUT2D eigenvalue weighted by Crippen LogP contribution is 2.43. The smallest absolute Gasteiger partial charge is 0.152 e. The van der Waals surface area contributed by atoms with Crippen LogP contribution < -0.4 is 0 Å². The molecule has 0 amide bonds. The van der Waals surface area contributed by atoms with Crippen LogP contribution in [0.4, 0.5) is 0 Å². The molecule has 1 rings (SSSR count). The van der Waals surface area contributed by atoms with E-state index in [1.54, 1.807) is 13.0 Å². The van der Waals surface area contributed by atoms with E-state index in [2.05, 4.69) is 20.4 Å². The Morgan fingerprint density at radius 2 is 2.21 bits per heavy atom. The normalized spacial score (nSPS) is 26.8. The van der Waals surface area contributed by atoms with Crippen LogP contribution in [0.25, 0.3) is 0 Å². The zero-order chi connectivity index (χ0) is 10.8. The Hall–Kier alpha value is -0.850. The summed E-state index contributed by atoms with van der Waals surface area (Å²) < 4.78 is 0. The highest BCUT2D eigenvalue weighted by atomic mass is 16.1. The van der Waals surface area contributed by atoms with Crippen molar-refractivity contribution in [2.24, 2.45) is 11.3 Å². The average molecular weight is 192 g/mol. The summed E-state index contributed by atoms with van der Waals surface area (Å²) in [5, 5.41) is 0. The van der Waals surface area contributed by atoms with Crippen LogP contribution in [0.15, 0.2) is 24.3 Å². The number of allylic oxidation sites excluding steroid dienone is 3. The Bertz CT molecular complexity index is 271. The van der Waals surface area contributed by atoms with Gasteiger partial charge in [-0.25, -0.2) is 0 Å². The lowest BCUT2D eigenvalue weighted by Crippen LogP contribution is -2.28. The topological polar surface area (TPSA) is 17.1 Å². The molecule has 1 unspecified atom stereocenters. The minimum atomic E-state index is 0.124. The van der Waals surface area contributed by atoms with Crippen LogP contribution in [0.3, 0.4) is 0 Å². The second kappa shape index (κ2) is 4.12. The second-order valence-corrected chi connectivity index (χ2v) is 4.95. The monoisotopic (exact) mass is 192 g/mol. The van der Waals surface area contributed by atoms with E-state index in [0.717, 1.165) is 6.42 Å². The fourth-order valence-electron chi connectivity index (χ4n) is 2.26. The first-order valence-corrected chi connectivity index (χ1v) is 5.30. The first-order valence-electron chi connectivity index (χ1n) is 5.30. The Labute approximate surface area is 86.9 Å². The molecule has 1 fully saturated rings. The zero-order valence-corrected chi connectivity index (χ0v) is 9.47. The van der Waals surface area contributed by atoms with Crippen LogP contribution >= 0.6 is 0 Å². The van der Waals surface area contributed by atoms with Gasteiger partial charge in [-0.3, -0.25) is 4.79 Å². The maximum absolute atomic E-state index is 10.9. The number of hydrogen-bond acceptors (Lipinski definition) is 1. The molecule has 1 nitrogen and oxygen atoms in total. The van der Waals surface area contributed by atoms with Crippen LogP contribution in [0, 0.1) is 11.3 Å². The van der Waals surface area contributed by atoms with Crippen molar-refractivity contribution < 1.29 is 4.79 Å². The van der Waals surface area contributed by atoms with Crippen LogP contribution in [0.1, 0.15) is 40.0 Å². The number of hydrogen-bond donors (Lipinski definition) is 0. The van der Waals surface area contributed by atoms with E-state index in [0.29, 0.717) is 5.92 Å². The molecule has 1 aliphatic rings. The van der Waals surface area contributed by atoms with Crippen molar-refractivity contribution in [3.8, 4) is 0 Å². The minimum absolute atomic E-state index is 0.124. The number of carbonyl (C=O) groups excluding carboxylic acids is 1. The molecule has 14 heavy (non-hydrogen) atoms. The highest BCUT2D eigenvalue weighted by molar-refractivity contribution is 5.87. The average Bonchev–Trinajstić information content (AvgIpc) is 2.01. The fraction of sp³-hybridized carbons (Fsp3) is 0.615. The summed E-state index contributed by atoms with van der Waals surface area (Å²) in [6.45, 7) is 10.2. The van der Waals surface area contributed by atoms with Gasteiger partial charge in [-0.05, 0) is 37.7 Å². The summed E-state index contributed by atoms with van der Waals surface area (Å²) in [5.74, 6) is 0.499. The number of carbonyl (C=O) groups is 1. The van der Waals surface area contributed by atoms with E-state index in [4.69, 9.17) is 0 Å². The molecule has 1 saturated carbocycles. The van der Waals surface area contributed by atoms with E-state index in [-0.39, 0.29) is 11.2 Å². The van der Waals surface area contributed by atoms with Gasteiger partial charge in [0.2, 0.25) is 0 Å². The predicted molar refractivity (Wildman–Crippen MR) is 60.1 cm³/mol. The SMILES string of the molecule is C=C1CCCC(C)(C)C1C=CC(C)=O. The largest absolute Gasteiger partial charge is 0.295 e. The Morgan fingerprint density at radius 1 is 1.57 bits per heavy atom. The van der Waals surface area contributed by atoms with Crippen LogP contribution in [0.2, 0.25) is 0 Å². The zero-order valence-electron chi connectivity index (χ0n) is 9.47. The molecule has 0 aliphatic heterocycles. The molecule has 0 heterocycles. The molecule has 0 saturated heterocycles. The Balaban J connectivity index is 2.80. The molecular weight excluding hydrogens is 172 g/mol. The summed E-state index contributed by atoms with van der Waals surface area (Å²) in [6, 6.07) is 0. The minimum Gasteiger partial charge on any atom is -0.295 e. The molecule has 0 aromatic heterocycles. The fourth-order valence-corrected chi connectivity index (χ4v) is 2.26. The van der Waals surface area contributed by atoms with E-state index in [9.17, 15) is 4.79 Å². The molecule has 1 atom stereocenters. The van der Waals surface area contributed by atoms with Crippen LogP contribution in [0.5, 0.6) is 0 Å². The molecular formula is C13H20O. The molecule has 0 aromatic rings. The number of ketones is 1. The van der Waals surface area contributed by atoms with Gasteiger partial charge in [0, 0.05) is 5.92 Å². The molecule has 78 valence electrons. The van der Waals surface area contributed by atoms with Crippen LogP contribution in [-0.4, -0.2) is 5.78 Å². The maximum atomic E-state index is 10.9. The van der Waals surface area contributed by atoms with Gasteiger partial charge < -0.3 is 0 Å². The molecule has 0 spiro atoms. The third-order valence-electron chi connectivity index (χ3n) is 3.12. The van der Waals surface area contributed by atoms with Gasteiger partial charge in [-0.1, -0.05) is 32.1 Å². The van der Waals surface area contributed by atoms with Crippen molar-refractivity contribution >= 4 is 5.78 Å². The lowest BCUT2D eigenvalue weighted by molar-refractivity contribution is -0.112. The summed E-state index contributed by atoms with van der Waals surface area (Å²) in [5.41, 5.74) is 1.54. The standard InChI is InChI=1S/C13H20O/c1-10-6-5-9-13(3,4)12(10)8-7-11(2)14/h7-8,12H,1,5-6,9H2,2-4H3. The molecule has 0 radical (unpaired) electrons. The van der Waals surface area contributed by atoms with Gasteiger partial charge in [0.1, 0.15) is 0 Å². The van der Waals surface area contributed by atoms with Gasteiger partial charge in [0.05, 0.1) is 0 Å². The summed E-state index contributed by atoms with van der Waals surface area (Å²) in [6.07, 6.45) is 7.28. The third-order valence-corrected chi connectivity index (χ3v) is 3.12. The van der Waals surface area contributed by atoms with Gasteiger partial charge >= 0.3 is 0 Å². The summed E-state index contributed by atoms with van der Waals surface area (Å²) in [4.78, 5) is 10.9. The first-order chi connectivity index (χ1) is 6.43. The lowest BCUT2D eigenvalue weighted by atomic mass is 9.67. The maximum Gasteiger partial charge on any atom is 0.152 e. The molecule has 1 aliphatic carbocycles. The molecule has 0 N–H and O–H groups in total. The summed E-state index contributed by atoms with van der Waals surface area (Å²) >= 11 is 0. The van der Waals surface area contributed by atoms with Gasteiger partial charge in [-0.15, -0.1) is 0 Å². The van der Waals surface area contributed by atoms with Gasteiger partial charge in [0.15, 0.2) is 5.78 Å². The van der Waals surface area contributed by atoms with Crippen molar-refractivity contribution in [3.63, 3.8) is 0 Å². The summed E-state index contributed by atoms with van der Waals surface area (Å²) in [7, 11) is 0. The Kier molecular flexibility index (Phi) is 3.30. The molecule has 1 heteroatoms. The van der Waals surface area contributed by atoms with Crippen molar-refractivity contribution in [1.29, 1.82) is 0 Å². The first kappa shape index (κ1) is 11.2. The molecule has 0 bridgehead atoms. The highest BCUT2D eigenvalue weighted by Gasteiger charge is 2.32. The van der Waals surface area contributed by atoms with Crippen molar-refractivity contribution in [3.05, 3.63) is 24.3 Å². The van der Waals surface area contributed by atoms with Crippen molar-refractivity contribution in [2.45, 2.75) is 40.0 Å². The molecule has 0 aromatic carbocycles. The Morgan fingerprint density at radius 3 is 2.71 bits per heavy atom. The van der Waals surface area contributed by atoms with Crippen molar-refractivity contribution in [2.75, 3.05) is 0 Å². The van der Waals surface area contributed by atoms with E-state index >= 15 is 0 Å². The second-order valence-electron chi connectivity index (χ2n) is 4.95. The van der Waals surface area contributed by atoms with E-state index in [1.807, 2.05) is 6.08 Å². The third kappa shape index (κ3) is 2.57. The van der Waals surface area contributed by atoms with Crippen LogP contribution in [-0.2, 0) is 4.79 Å². The van der Waals surface area contributed by atoms with Gasteiger partial charge in [-0.2, -0.15) is 0 Å². The van der Waals surface area contributed by atoms with Crippen molar-refractivity contribution in [1.82, 2.24) is 0 Å². The van der Waals surface area contributed by atoms with Gasteiger partial charge in [0.25, 0.3) is 0 Å². The van der Waals surface area contributed by atoms with E-state index < -0.39 is 0 Å². The quantitative estimate of drug-likeness (QED) is 0.483.